The molecule has 0 heterocycles. The zero-order valence-electron chi connectivity index (χ0n) is 12.5. The van der Waals surface area contributed by atoms with Crippen molar-refractivity contribution in [1.82, 2.24) is 0 Å². The van der Waals surface area contributed by atoms with Gasteiger partial charge in [0, 0.05) is 11.4 Å². The van der Waals surface area contributed by atoms with Crippen LogP contribution in [0.1, 0.15) is 27.7 Å². The molecule has 1 atom stereocenters. The van der Waals surface area contributed by atoms with Gasteiger partial charge in [-0.2, -0.15) is 8.42 Å². The van der Waals surface area contributed by atoms with Crippen LogP contribution in [0.15, 0.2) is 0 Å². The molecule has 1 N–H and O–H groups in total. The number of aliphatic carboxylic acids is 2. The van der Waals surface area contributed by atoms with Crippen molar-refractivity contribution >= 4 is 22.1 Å². The average Bonchev–Trinajstić information content (AvgIpc) is 2.08. The molecule has 7 nitrogen and oxygen atoms in total. The molecule has 0 aromatic rings. The Morgan fingerprint density at radius 3 is 1.35 bits per heavy atom. The number of carboxylic acids is 2. The van der Waals surface area contributed by atoms with E-state index in [0.29, 0.717) is 0 Å². The van der Waals surface area contributed by atoms with Gasteiger partial charge in [-0.1, -0.05) is 27.7 Å². The number of carbonyl (C=O) groups is 2. The second kappa shape index (κ2) is 9.09. The van der Waals surface area contributed by atoms with Gasteiger partial charge in [0.1, 0.15) is 5.25 Å². The Morgan fingerprint density at radius 2 is 1.30 bits per heavy atom. The quantitative estimate of drug-likeness (QED) is 0.378. The summed E-state index contributed by atoms with van der Waals surface area (Å²) in [6.07, 6.45) is 0. The molecule has 20 heavy (non-hydrogen) atoms. The van der Waals surface area contributed by atoms with Crippen LogP contribution >= 0.6 is 0 Å². The van der Waals surface area contributed by atoms with Crippen LogP contribution < -0.4 is 69.3 Å². The fraction of sp³-hybridized carbons (Fsp3) is 0.800. The molecule has 0 aromatic carbocycles. The number of carboxylic acid groups (broad SMARTS) is 2. The zero-order valence-corrected chi connectivity index (χ0v) is 17.4. The summed E-state index contributed by atoms with van der Waals surface area (Å²) in [7, 11) is -5.14. The first-order chi connectivity index (χ1) is 7.90. The summed E-state index contributed by atoms with van der Waals surface area (Å²) >= 11 is 0. The summed E-state index contributed by atoms with van der Waals surface area (Å²) in [6, 6.07) is 0. The molecule has 0 saturated heterocycles. The largest absolute Gasteiger partial charge is 1.00 e. The zero-order chi connectivity index (χ0) is 14.9. The molecule has 1 unspecified atom stereocenters. The Bertz CT molecular complexity index is 437. The first-order valence-electron chi connectivity index (χ1n) is 5.28. The van der Waals surface area contributed by atoms with Gasteiger partial charge in [-0.3, -0.25) is 4.55 Å². The third-order valence-electron chi connectivity index (χ3n) is 3.21. The molecule has 0 amide bonds. The minimum Gasteiger partial charge on any atom is -0.549 e. The van der Waals surface area contributed by atoms with Crippen LogP contribution in [0.3, 0.4) is 0 Å². The second-order valence-electron chi connectivity index (χ2n) is 4.74. The topological polar surface area (TPSA) is 135 Å². The van der Waals surface area contributed by atoms with Gasteiger partial charge in [-0.15, -0.1) is 0 Å². The molecule has 0 aliphatic heterocycles. The van der Waals surface area contributed by atoms with Crippen molar-refractivity contribution in [2.75, 3.05) is 0 Å². The third-order valence-corrected chi connectivity index (χ3v) is 4.39. The van der Waals surface area contributed by atoms with E-state index in [4.69, 9.17) is 4.55 Å². The second-order valence-corrected chi connectivity index (χ2v) is 6.25. The van der Waals surface area contributed by atoms with Crippen molar-refractivity contribution in [3.05, 3.63) is 0 Å². The SMILES string of the molecule is CC(C)C(C(=O)[O-])(C(C)C)C(C(=O)[O-])S(=O)(=O)O.[Na+].[Na+]. The van der Waals surface area contributed by atoms with Crippen molar-refractivity contribution in [2.24, 2.45) is 17.3 Å². The van der Waals surface area contributed by atoms with Gasteiger partial charge in [-0.25, -0.2) is 0 Å². The van der Waals surface area contributed by atoms with Crippen LogP contribution in [-0.4, -0.2) is 30.2 Å². The van der Waals surface area contributed by atoms with E-state index < -0.39 is 44.6 Å². The first kappa shape index (κ1) is 25.8. The van der Waals surface area contributed by atoms with E-state index in [2.05, 4.69) is 0 Å². The minimum atomic E-state index is -5.14. The predicted octanol–water partition coefficient (Wildman–Crippen LogP) is -7.95. The third kappa shape index (κ3) is 4.95. The fourth-order valence-corrected chi connectivity index (χ4v) is 3.79. The van der Waals surface area contributed by atoms with E-state index in [1.54, 1.807) is 0 Å². The van der Waals surface area contributed by atoms with Gasteiger partial charge in [0.05, 0.1) is 5.97 Å². The van der Waals surface area contributed by atoms with E-state index >= 15 is 0 Å². The van der Waals surface area contributed by atoms with Gasteiger partial charge >= 0.3 is 59.1 Å². The summed E-state index contributed by atoms with van der Waals surface area (Å²) in [5.41, 5.74) is -2.27. The molecule has 0 aliphatic carbocycles. The molecule has 0 rings (SSSR count). The number of rotatable bonds is 6. The normalized spacial score (nSPS) is 13.3. The molecule has 0 bridgehead atoms. The monoisotopic (exact) mass is 326 g/mol. The van der Waals surface area contributed by atoms with Crippen LogP contribution in [0.4, 0.5) is 0 Å². The number of hydrogen-bond acceptors (Lipinski definition) is 6. The predicted molar refractivity (Wildman–Crippen MR) is 57.5 cm³/mol. The van der Waals surface area contributed by atoms with Crippen molar-refractivity contribution in [3.63, 3.8) is 0 Å². The molecular formula is C10H16Na2O7S. The average molecular weight is 326 g/mol. The summed E-state index contributed by atoms with van der Waals surface area (Å²) < 4.78 is 31.3. The molecule has 106 valence electrons. The van der Waals surface area contributed by atoms with Crippen molar-refractivity contribution in [3.8, 4) is 0 Å². The van der Waals surface area contributed by atoms with Crippen molar-refractivity contribution in [2.45, 2.75) is 32.9 Å². The first-order valence-corrected chi connectivity index (χ1v) is 6.79. The minimum absolute atomic E-state index is 0. The van der Waals surface area contributed by atoms with E-state index in [0.717, 1.165) is 0 Å². The smallest absolute Gasteiger partial charge is 0.549 e. The molecule has 0 aliphatic rings. The summed E-state index contributed by atoms with van der Waals surface area (Å²) in [5, 5.41) is 19.7. The standard InChI is InChI=1S/C10H18O7S.2Na/c1-5(2)10(6(3)4,9(13)14)7(8(11)12)18(15,16)17;;/h5-7H,1-4H3,(H,11,12)(H,13,14)(H,15,16,17);;/q;2*+1/p-2. The Balaban J connectivity index is -0.00000144. The summed E-state index contributed by atoms with van der Waals surface area (Å²) in [4.78, 5) is 22.3. The summed E-state index contributed by atoms with van der Waals surface area (Å²) in [6.45, 7) is 5.38. The summed E-state index contributed by atoms with van der Waals surface area (Å²) in [5.74, 6) is -5.80. The van der Waals surface area contributed by atoms with Crippen LogP contribution in [0.5, 0.6) is 0 Å². The maximum Gasteiger partial charge on any atom is 1.00 e. The molecule has 0 fully saturated rings. The van der Waals surface area contributed by atoms with E-state index in [9.17, 15) is 28.2 Å². The Hall–Kier alpha value is 0.850. The van der Waals surface area contributed by atoms with Gasteiger partial charge in [0.15, 0.2) is 0 Å². The van der Waals surface area contributed by atoms with Crippen LogP contribution in [0, 0.1) is 17.3 Å². The Morgan fingerprint density at radius 1 is 1.00 bits per heavy atom. The maximum atomic E-state index is 11.3. The molecule has 10 heteroatoms. The van der Waals surface area contributed by atoms with Crippen molar-refractivity contribution in [1.29, 1.82) is 0 Å². The molecule has 0 radical (unpaired) electrons. The van der Waals surface area contributed by atoms with E-state index in [1.807, 2.05) is 0 Å². The maximum absolute atomic E-state index is 11.3. The van der Waals surface area contributed by atoms with Gasteiger partial charge in [0.2, 0.25) is 0 Å². The van der Waals surface area contributed by atoms with E-state index in [-0.39, 0.29) is 59.1 Å². The van der Waals surface area contributed by atoms with E-state index in [1.165, 1.54) is 27.7 Å². The molecule has 0 saturated carbocycles. The number of hydrogen-bond donors (Lipinski definition) is 1. The van der Waals surface area contributed by atoms with Gasteiger partial charge in [0.25, 0.3) is 10.1 Å². The fourth-order valence-electron chi connectivity index (χ4n) is 2.41. The van der Waals surface area contributed by atoms with Crippen LogP contribution in [0.25, 0.3) is 0 Å². The van der Waals surface area contributed by atoms with Crippen molar-refractivity contribution < 1.29 is 91.9 Å². The number of carbonyl (C=O) groups excluding carboxylic acids is 2. The van der Waals surface area contributed by atoms with Gasteiger partial charge in [-0.05, 0) is 11.8 Å². The molecule has 0 spiro atoms. The molecule has 0 aromatic heterocycles. The Kier molecular flexibility index (Phi) is 11.7. The van der Waals surface area contributed by atoms with Crippen LogP contribution in [-0.2, 0) is 19.7 Å². The van der Waals surface area contributed by atoms with Crippen LogP contribution in [0.2, 0.25) is 0 Å². The molecular weight excluding hydrogens is 310 g/mol. The Labute approximate surface area is 162 Å². The van der Waals surface area contributed by atoms with Gasteiger partial charge < -0.3 is 19.8 Å².